The van der Waals surface area contributed by atoms with Gasteiger partial charge < -0.3 is 15.5 Å². The molecule has 2 aliphatic rings. The number of carbonyl (C=O) groups excluding carboxylic acids is 1. The van der Waals surface area contributed by atoms with Gasteiger partial charge in [0.2, 0.25) is 0 Å². The number of fused-ring (bicyclic) bond motifs is 1. The molecule has 0 bridgehead atoms. The number of nitrogens with one attached hydrogen (secondary N) is 2. The molecule has 0 amide bonds. The first kappa shape index (κ1) is 24.9. The second-order valence-corrected chi connectivity index (χ2v) is 7.34. The number of piperazine rings is 1. The highest BCUT2D eigenvalue weighted by Crippen LogP contribution is 2.26. The van der Waals surface area contributed by atoms with E-state index in [0.29, 0.717) is 5.69 Å². The highest BCUT2D eigenvalue weighted by Gasteiger charge is 2.20. The van der Waals surface area contributed by atoms with Crippen molar-refractivity contribution in [2.45, 2.75) is 20.8 Å². The number of aldehydes is 1. The molecule has 32 heavy (non-hydrogen) atoms. The summed E-state index contributed by atoms with van der Waals surface area (Å²) in [6, 6.07) is 5.83. The highest BCUT2D eigenvalue weighted by atomic mass is 16.1. The predicted molar refractivity (Wildman–Crippen MR) is 134 cm³/mol. The Kier molecular flexibility index (Phi) is 9.76. The molecule has 1 fully saturated rings. The Balaban J connectivity index is 0.000000671. The van der Waals surface area contributed by atoms with Gasteiger partial charge >= 0.3 is 0 Å². The zero-order valence-corrected chi connectivity index (χ0v) is 19.9. The third-order valence-corrected chi connectivity index (χ3v) is 4.96. The van der Waals surface area contributed by atoms with E-state index in [1.807, 2.05) is 47.1 Å². The Bertz CT molecular complexity index is 968. The van der Waals surface area contributed by atoms with Gasteiger partial charge in [-0.1, -0.05) is 20.4 Å². The first-order chi connectivity index (χ1) is 15.5. The molecule has 2 N–H and O–H groups in total. The van der Waals surface area contributed by atoms with Gasteiger partial charge in [-0.2, -0.15) is 0 Å². The number of nitrogens with zero attached hydrogens (tertiary/aromatic N) is 4. The lowest BCUT2D eigenvalue weighted by atomic mass is 10.1. The molecule has 2 aliphatic heterocycles. The lowest BCUT2D eigenvalue weighted by Crippen LogP contribution is -2.42. The SMILES string of the molecule is C=C1Nc2cc(C=[N+]3CCN(c4ccc(C=O)nc4)CC3)cnc2C=C1C.CC.CNC. The second kappa shape index (κ2) is 12.5. The van der Waals surface area contributed by atoms with E-state index >= 15 is 0 Å². The van der Waals surface area contributed by atoms with Crippen LogP contribution in [0.25, 0.3) is 6.08 Å². The molecule has 1 saturated heterocycles. The maximum atomic E-state index is 10.7. The zero-order valence-electron chi connectivity index (χ0n) is 19.9. The van der Waals surface area contributed by atoms with Crippen molar-refractivity contribution in [3.63, 3.8) is 0 Å². The summed E-state index contributed by atoms with van der Waals surface area (Å²) >= 11 is 0. The standard InChI is InChI=1S/C21H22N5O.C2H7N.C2H6/c1-15-9-20-21(24-16(15)2)10-17(11-23-20)13-25-5-7-26(8-6-25)19-4-3-18(14-27)22-12-19;1-3-2;1-2/h3-4,9-14,24H,2,5-8H2,1H3;3H,1-2H3;1-2H3/q+1;;. The molecule has 0 aliphatic carbocycles. The monoisotopic (exact) mass is 435 g/mol. The number of rotatable bonds is 3. The van der Waals surface area contributed by atoms with E-state index in [1.165, 1.54) is 0 Å². The van der Waals surface area contributed by atoms with Gasteiger partial charge in [-0.15, -0.1) is 0 Å². The fourth-order valence-electron chi connectivity index (χ4n) is 3.30. The number of pyridine rings is 2. The third-order valence-electron chi connectivity index (χ3n) is 4.96. The van der Waals surface area contributed by atoms with Gasteiger partial charge in [0.05, 0.1) is 41.9 Å². The summed E-state index contributed by atoms with van der Waals surface area (Å²) in [6.07, 6.45) is 8.66. The minimum atomic E-state index is 0.465. The lowest BCUT2D eigenvalue weighted by Gasteiger charge is -2.27. The predicted octanol–water partition coefficient (Wildman–Crippen LogP) is 3.45. The third kappa shape index (κ3) is 6.59. The molecule has 4 rings (SSSR count). The number of aromatic nitrogens is 2. The van der Waals surface area contributed by atoms with Crippen LogP contribution in [0.5, 0.6) is 0 Å². The smallest absolute Gasteiger partial charge is 0.172 e. The Morgan fingerprint density at radius 2 is 1.84 bits per heavy atom. The molecule has 7 heteroatoms. The number of hydrogen-bond donors (Lipinski definition) is 2. The van der Waals surface area contributed by atoms with Crippen LogP contribution >= 0.6 is 0 Å². The van der Waals surface area contributed by atoms with E-state index in [0.717, 1.165) is 66.4 Å². The summed E-state index contributed by atoms with van der Waals surface area (Å²) in [5.74, 6) is 0. The zero-order chi connectivity index (χ0) is 23.5. The summed E-state index contributed by atoms with van der Waals surface area (Å²) < 4.78 is 2.31. The Morgan fingerprint density at radius 3 is 2.44 bits per heavy atom. The van der Waals surface area contributed by atoms with Gasteiger partial charge in [0.15, 0.2) is 25.6 Å². The van der Waals surface area contributed by atoms with E-state index in [4.69, 9.17) is 0 Å². The fourth-order valence-corrected chi connectivity index (χ4v) is 3.30. The molecule has 4 heterocycles. The number of carbonyl (C=O) groups is 1. The van der Waals surface area contributed by atoms with Crippen molar-refractivity contribution >= 4 is 30.0 Å². The fraction of sp³-hybridized carbons (Fsp3) is 0.360. The van der Waals surface area contributed by atoms with Crippen LogP contribution in [-0.2, 0) is 0 Å². The van der Waals surface area contributed by atoms with E-state index < -0.39 is 0 Å². The van der Waals surface area contributed by atoms with Gasteiger partial charge in [0, 0.05) is 11.9 Å². The van der Waals surface area contributed by atoms with E-state index in [1.54, 1.807) is 12.3 Å². The lowest BCUT2D eigenvalue weighted by molar-refractivity contribution is -0.524. The van der Waals surface area contributed by atoms with Crippen LogP contribution in [-0.4, -0.2) is 67.3 Å². The molecule has 0 unspecified atom stereocenters. The average Bonchev–Trinajstić information content (AvgIpc) is 2.82. The maximum Gasteiger partial charge on any atom is 0.172 e. The van der Waals surface area contributed by atoms with Crippen LogP contribution in [0.15, 0.2) is 48.4 Å². The van der Waals surface area contributed by atoms with E-state index in [2.05, 4.69) is 55.0 Å². The minimum Gasteiger partial charge on any atom is -0.358 e. The van der Waals surface area contributed by atoms with E-state index in [9.17, 15) is 4.79 Å². The van der Waals surface area contributed by atoms with Crippen molar-refractivity contribution in [3.05, 3.63) is 65.4 Å². The molecule has 170 valence electrons. The molecule has 2 aromatic heterocycles. The van der Waals surface area contributed by atoms with Crippen LogP contribution in [0.4, 0.5) is 11.4 Å². The van der Waals surface area contributed by atoms with Crippen LogP contribution in [0.3, 0.4) is 0 Å². The normalized spacial score (nSPS) is 14.5. The molecule has 2 aromatic rings. The molecule has 0 atom stereocenters. The minimum absolute atomic E-state index is 0.465. The van der Waals surface area contributed by atoms with Gasteiger partial charge in [-0.05, 0) is 50.9 Å². The Morgan fingerprint density at radius 1 is 1.16 bits per heavy atom. The summed E-state index contributed by atoms with van der Waals surface area (Å²) in [7, 11) is 3.75. The van der Waals surface area contributed by atoms with Crippen LogP contribution in [0.1, 0.15) is 42.5 Å². The van der Waals surface area contributed by atoms with Crippen molar-refractivity contribution < 1.29 is 9.37 Å². The number of hydrogen-bond acceptors (Lipinski definition) is 6. The Labute approximate surface area is 191 Å². The summed E-state index contributed by atoms with van der Waals surface area (Å²) in [5, 5.41) is 6.07. The number of anilines is 2. The summed E-state index contributed by atoms with van der Waals surface area (Å²) in [4.78, 5) is 21.7. The maximum absolute atomic E-state index is 10.7. The van der Waals surface area contributed by atoms with Crippen molar-refractivity contribution in [2.24, 2.45) is 0 Å². The topological polar surface area (TPSA) is 73.2 Å². The molecule has 7 nitrogen and oxygen atoms in total. The molecule has 0 saturated carbocycles. The summed E-state index contributed by atoms with van der Waals surface area (Å²) in [6.45, 7) is 13.7. The van der Waals surface area contributed by atoms with Crippen LogP contribution in [0, 0.1) is 0 Å². The van der Waals surface area contributed by atoms with Crippen molar-refractivity contribution in [1.29, 1.82) is 0 Å². The largest absolute Gasteiger partial charge is 0.358 e. The highest BCUT2D eigenvalue weighted by molar-refractivity contribution is 5.82. The van der Waals surface area contributed by atoms with Crippen LogP contribution < -0.4 is 15.5 Å². The number of allylic oxidation sites excluding steroid dienone is 1. The molecule has 0 radical (unpaired) electrons. The molecule has 0 aromatic carbocycles. The molecular formula is C25H35N6O+. The first-order valence-electron chi connectivity index (χ1n) is 11.0. The molecular weight excluding hydrogens is 400 g/mol. The summed E-state index contributed by atoms with van der Waals surface area (Å²) in [5.41, 5.74) is 6.58. The average molecular weight is 436 g/mol. The second-order valence-electron chi connectivity index (χ2n) is 7.34. The van der Waals surface area contributed by atoms with Crippen molar-refractivity contribution in [1.82, 2.24) is 15.3 Å². The molecule has 0 spiro atoms. The van der Waals surface area contributed by atoms with E-state index in [-0.39, 0.29) is 0 Å². The first-order valence-corrected chi connectivity index (χ1v) is 11.0. The van der Waals surface area contributed by atoms with Gasteiger partial charge in [-0.25, -0.2) is 4.58 Å². The van der Waals surface area contributed by atoms with Gasteiger partial charge in [0.25, 0.3) is 0 Å². The van der Waals surface area contributed by atoms with Crippen molar-refractivity contribution in [2.75, 3.05) is 50.5 Å². The quantitative estimate of drug-likeness (QED) is 0.568. The van der Waals surface area contributed by atoms with Crippen molar-refractivity contribution in [3.8, 4) is 0 Å². The Hall–Kier alpha value is -3.32. The van der Waals surface area contributed by atoms with Gasteiger partial charge in [0.1, 0.15) is 5.69 Å². The van der Waals surface area contributed by atoms with Gasteiger partial charge in [-0.3, -0.25) is 14.8 Å². The van der Waals surface area contributed by atoms with Crippen LogP contribution in [0.2, 0.25) is 0 Å².